The van der Waals surface area contributed by atoms with Crippen molar-refractivity contribution < 1.29 is 14.8 Å². The van der Waals surface area contributed by atoms with E-state index in [0.29, 0.717) is 24.1 Å². The SMILES string of the molecule is CCC(C(=O)Nc1ccc2c(c1)CC(C(=O)NO)=C2)c1ccccc1. The van der Waals surface area contributed by atoms with Crippen LogP contribution in [-0.2, 0) is 16.0 Å². The van der Waals surface area contributed by atoms with Gasteiger partial charge in [-0.15, -0.1) is 0 Å². The van der Waals surface area contributed by atoms with Crippen molar-refractivity contribution in [3.63, 3.8) is 0 Å². The molecule has 1 aliphatic carbocycles. The topological polar surface area (TPSA) is 78.4 Å². The van der Waals surface area contributed by atoms with Crippen LogP contribution in [0.5, 0.6) is 0 Å². The van der Waals surface area contributed by atoms with Gasteiger partial charge >= 0.3 is 0 Å². The summed E-state index contributed by atoms with van der Waals surface area (Å²) in [6.45, 7) is 1.99. The molecule has 2 aromatic rings. The third-order valence-electron chi connectivity index (χ3n) is 4.44. The number of hydroxylamine groups is 1. The van der Waals surface area contributed by atoms with Gasteiger partial charge in [0, 0.05) is 17.7 Å². The van der Waals surface area contributed by atoms with E-state index >= 15 is 0 Å². The Hall–Kier alpha value is -2.92. The number of hydrogen-bond donors (Lipinski definition) is 3. The smallest absolute Gasteiger partial charge is 0.270 e. The summed E-state index contributed by atoms with van der Waals surface area (Å²) in [6.07, 6.45) is 2.88. The molecule has 3 N–H and O–H groups in total. The van der Waals surface area contributed by atoms with Gasteiger partial charge in [-0.1, -0.05) is 43.3 Å². The molecule has 0 spiro atoms. The average Bonchev–Trinajstić information content (AvgIpc) is 3.06. The van der Waals surface area contributed by atoms with E-state index in [-0.39, 0.29) is 11.8 Å². The molecule has 5 heteroatoms. The van der Waals surface area contributed by atoms with Gasteiger partial charge in [-0.05, 0) is 41.3 Å². The first-order valence-electron chi connectivity index (χ1n) is 8.26. The van der Waals surface area contributed by atoms with Crippen molar-refractivity contribution in [2.75, 3.05) is 5.32 Å². The number of amides is 2. The van der Waals surface area contributed by atoms with Gasteiger partial charge in [0.25, 0.3) is 5.91 Å². The van der Waals surface area contributed by atoms with Crippen LogP contribution in [-0.4, -0.2) is 17.0 Å². The lowest BCUT2D eigenvalue weighted by Gasteiger charge is -2.16. The fourth-order valence-corrected chi connectivity index (χ4v) is 3.13. The zero-order chi connectivity index (χ0) is 17.8. The highest BCUT2D eigenvalue weighted by atomic mass is 16.5. The van der Waals surface area contributed by atoms with Crippen LogP contribution in [0.2, 0.25) is 0 Å². The third-order valence-corrected chi connectivity index (χ3v) is 4.44. The van der Waals surface area contributed by atoms with E-state index in [2.05, 4.69) is 5.32 Å². The van der Waals surface area contributed by atoms with E-state index in [1.807, 2.05) is 55.5 Å². The Balaban J connectivity index is 1.73. The molecule has 1 atom stereocenters. The number of hydrogen-bond acceptors (Lipinski definition) is 3. The fourth-order valence-electron chi connectivity index (χ4n) is 3.13. The Morgan fingerprint density at radius 3 is 2.60 bits per heavy atom. The molecule has 0 heterocycles. The minimum Gasteiger partial charge on any atom is -0.326 e. The number of carbonyl (C=O) groups excluding carboxylic acids is 2. The lowest BCUT2D eigenvalue weighted by molar-refractivity contribution is -0.125. The second-order valence-electron chi connectivity index (χ2n) is 6.06. The lowest BCUT2D eigenvalue weighted by Crippen LogP contribution is -2.21. The minimum absolute atomic E-state index is 0.0482. The van der Waals surface area contributed by atoms with E-state index in [9.17, 15) is 9.59 Å². The molecule has 1 aliphatic rings. The van der Waals surface area contributed by atoms with Gasteiger partial charge in [0.05, 0.1) is 5.92 Å². The van der Waals surface area contributed by atoms with Crippen molar-refractivity contribution in [3.8, 4) is 0 Å². The summed E-state index contributed by atoms with van der Waals surface area (Å²) in [5.74, 6) is -0.756. The first-order valence-corrected chi connectivity index (χ1v) is 8.26. The molecular weight excluding hydrogens is 316 g/mol. The van der Waals surface area contributed by atoms with Gasteiger partial charge in [0.15, 0.2) is 0 Å². The minimum atomic E-state index is -0.503. The summed E-state index contributed by atoms with van der Waals surface area (Å²) >= 11 is 0. The summed E-state index contributed by atoms with van der Waals surface area (Å²) in [7, 11) is 0. The Bertz CT molecular complexity index is 828. The van der Waals surface area contributed by atoms with Crippen molar-refractivity contribution >= 4 is 23.6 Å². The molecule has 0 saturated heterocycles. The van der Waals surface area contributed by atoms with Crippen LogP contribution in [0.3, 0.4) is 0 Å². The highest BCUT2D eigenvalue weighted by Crippen LogP contribution is 2.28. The summed E-state index contributed by atoms with van der Waals surface area (Å²) < 4.78 is 0. The fraction of sp³-hybridized carbons (Fsp3) is 0.200. The molecule has 128 valence electrons. The van der Waals surface area contributed by atoms with E-state index < -0.39 is 5.91 Å². The van der Waals surface area contributed by atoms with Crippen molar-refractivity contribution in [1.29, 1.82) is 0 Å². The zero-order valence-electron chi connectivity index (χ0n) is 14.0. The molecule has 5 nitrogen and oxygen atoms in total. The number of fused-ring (bicyclic) bond motifs is 1. The van der Waals surface area contributed by atoms with E-state index in [1.54, 1.807) is 11.6 Å². The van der Waals surface area contributed by atoms with E-state index in [0.717, 1.165) is 16.7 Å². The molecule has 0 aromatic heterocycles. The van der Waals surface area contributed by atoms with E-state index in [1.165, 1.54) is 0 Å². The molecule has 25 heavy (non-hydrogen) atoms. The molecule has 3 rings (SSSR count). The standard InChI is InChI=1S/C20H20N2O3/c1-2-18(13-6-4-3-5-7-13)20(24)21-17-9-8-14-10-16(19(23)22-25)11-15(14)12-17/h3-10,12,18,25H,2,11H2,1H3,(H,21,24)(H,22,23). The Morgan fingerprint density at radius 1 is 1.16 bits per heavy atom. The summed E-state index contributed by atoms with van der Waals surface area (Å²) in [5, 5.41) is 11.7. The molecule has 2 amide bonds. The van der Waals surface area contributed by atoms with Crippen molar-refractivity contribution in [2.45, 2.75) is 25.7 Å². The van der Waals surface area contributed by atoms with Gasteiger partial charge in [-0.25, -0.2) is 5.48 Å². The maximum absolute atomic E-state index is 12.6. The highest BCUT2D eigenvalue weighted by molar-refractivity contribution is 6.00. The van der Waals surface area contributed by atoms with Gasteiger partial charge in [0.1, 0.15) is 0 Å². The quantitative estimate of drug-likeness (QED) is 0.579. The first-order chi connectivity index (χ1) is 12.1. The Morgan fingerprint density at radius 2 is 1.92 bits per heavy atom. The van der Waals surface area contributed by atoms with Gasteiger partial charge in [-0.3, -0.25) is 14.8 Å². The van der Waals surface area contributed by atoms with Crippen LogP contribution in [0.25, 0.3) is 6.08 Å². The summed E-state index contributed by atoms with van der Waals surface area (Å²) in [5.41, 5.74) is 5.72. The lowest BCUT2D eigenvalue weighted by atomic mass is 9.95. The van der Waals surface area contributed by atoms with E-state index in [4.69, 9.17) is 5.21 Å². The van der Waals surface area contributed by atoms with Crippen molar-refractivity contribution in [2.24, 2.45) is 0 Å². The van der Waals surface area contributed by atoms with Gasteiger partial charge in [0.2, 0.25) is 5.91 Å². The van der Waals surface area contributed by atoms with Crippen LogP contribution in [0.4, 0.5) is 5.69 Å². The molecule has 1 unspecified atom stereocenters. The number of rotatable bonds is 5. The van der Waals surface area contributed by atoms with Crippen LogP contribution in [0.1, 0.15) is 36.0 Å². The second kappa shape index (κ2) is 7.32. The van der Waals surface area contributed by atoms with Crippen LogP contribution in [0, 0.1) is 0 Å². The first kappa shape index (κ1) is 16.9. The normalized spacial score (nSPS) is 13.6. The molecule has 0 bridgehead atoms. The molecule has 0 fully saturated rings. The van der Waals surface area contributed by atoms with Crippen molar-refractivity contribution in [1.82, 2.24) is 5.48 Å². The Labute approximate surface area is 146 Å². The second-order valence-corrected chi connectivity index (χ2v) is 6.06. The Kier molecular flexibility index (Phi) is 4.95. The molecular formula is C20H20N2O3. The van der Waals surface area contributed by atoms with Crippen molar-refractivity contribution in [3.05, 3.63) is 70.8 Å². The van der Waals surface area contributed by atoms with Crippen LogP contribution < -0.4 is 10.8 Å². The predicted molar refractivity (Wildman–Crippen MR) is 96.2 cm³/mol. The summed E-state index contributed by atoms with van der Waals surface area (Å²) in [6, 6.07) is 15.3. The highest BCUT2D eigenvalue weighted by Gasteiger charge is 2.21. The number of anilines is 1. The molecule has 0 saturated carbocycles. The number of carbonyl (C=O) groups is 2. The van der Waals surface area contributed by atoms with Crippen LogP contribution >= 0.6 is 0 Å². The molecule has 0 aliphatic heterocycles. The largest absolute Gasteiger partial charge is 0.326 e. The maximum atomic E-state index is 12.6. The zero-order valence-corrected chi connectivity index (χ0v) is 14.0. The number of nitrogens with one attached hydrogen (secondary N) is 2. The third kappa shape index (κ3) is 3.61. The molecule has 0 radical (unpaired) electrons. The monoisotopic (exact) mass is 336 g/mol. The summed E-state index contributed by atoms with van der Waals surface area (Å²) in [4.78, 5) is 24.2. The van der Waals surface area contributed by atoms with Gasteiger partial charge in [-0.2, -0.15) is 0 Å². The average molecular weight is 336 g/mol. The molecule has 2 aromatic carbocycles. The predicted octanol–water partition coefficient (Wildman–Crippen LogP) is 3.26. The number of benzene rings is 2. The maximum Gasteiger partial charge on any atom is 0.270 e. The van der Waals surface area contributed by atoms with Crippen LogP contribution in [0.15, 0.2) is 54.1 Å². The van der Waals surface area contributed by atoms with Gasteiger partial charge < -0.3 is 5.32 Å².